The molecule has 0 bridgehead atoms. The van der Waals surface area contributed by atoms with Crippen molar-refractivity contribution in [3.05, 3.63) is 59.4 Å². The summed E-state index contributed by atoms with van der Waals surface area (Å²) in [6.45, 7) is 7.74. The molecule has 2 heterocycles. The van der Waals surface area contributed by atoms with Crippen LogP contribution in [0.3, 0.4) is 0 Å². The van der Waals surface area contributed by atoms with Crippen LogP contribution in [-0.4, -0.2) is 55.4 Å². The van der Waals surface area contributed by atoms with E-state index >= 15 is 0 Å². The minimum atomic E-state index is -0.361. The third-order valence-electron chi connectivity index (χ3n) is 6.85. The van der Waals surface area contributed by atoms with Gasteiger partial charge in [0.05, 0.1) is 31.0 Å². The van der Waals surface area contributed by atoms with Gasteiger partial charge in [-0.25, -0.2) is 4.39 Å². The van der Waals surface area contributed by atoms with E-state index in [1.165, 1.54) is 12.1 Å². The first-order valence-corrected chi connectivity index (χ1v) is 12.5. The van der Waals surface area contributed by atoms with Gasteiger partial charge in [0.15, 0.2) is 11.5 Å². The Labute approximate surface area is 207 Å². The molecule has 2 aromatic carbocycles. The predicted molar refractivity (Wildman–Crippen MR) is 132 cm³/mol. The first kappa shape index (κ1) is 25.5. The average Bonchev–Trinajstić information content (AvgIpc) is 2.84. The number of hydrogen-bond acceptors (Lipinski definition) is 5. The highest BCUT2D eigenvalue weighted by atomic mass is 19.1. The summed E-state index contributed by atoms with van der Waals surface area (Å²) in [6, 6.07) is 11.9. The van der Waals surface area contributed by atoms with Crippen LogP contribution in [0.4, 0.5) is 4.39 Å². The smallest absolute Gasteiger partial charge is 0.253 e. The van der Waals surface area contributed by atoms with Gasteiger partial charge in [0.2, 0.25) is 0 Å². The number of amides is 1. The highest BCUT2D eigenvalue weighted by Gasteiger charge is 2.45. The summed E-state index contributed by atoms with van der Waals surface area (Å²) in [5, 5.41) is 0. The standard InChI is InChI=1S/C28H36FNO5/c1-5-33-23-17-25(20-6-9-22(29)10-7-20)35-28(18-23)12-14-30(15-13-28)27(31)21-8-11-24(34-19(2)3)26(16-21)32-4/h6-11,16,19,23,25H,5,12-15,17-18H2,1-4H3/t23-,25-/m0/s1. The number of rotatable bonds is 7. The van der Waals surface area contributed by atoms with E-state index in [1.807, 2.05) is 25.7 Å². The largest absolute Gasteiger partial charge is 0.493 e. The Hall–Kier alpha value is -2.64. The lowest BCUT2D eigenvalue weighted by molar-refractivity contribution is -0.190. The topological polar surface area (TPSA) is 57.2 Å². The summed E-state index contributed by atoms with van der Waals surface area (Å²) < 4.78 is 37.4. The Balaban J connectivity index is 1.46. The van der Waals surface area contributed by atoms with E-state index in [0.29, 0.717) is 36.8 Å². The molecule has 0 aliphatic carbocycles. The number of piperidine rings is 1. The lowest BCUT2D eigenvalue weighted by Gasteiger charge is -2.48. The molecule has 1 spiro atoms. The molecule has 2 saturated heterocycles. The Kier molecular flexibility index (Phi) is 7.97. The fourth-order valence-corrected chi connectivity index (χ4v) is 5.15. The molecular weight excluding hydrogens is 449 g/mol. The van der Waals surface area contributed by atoms with Crippen LogP contribution in [0.15, 0.2) is 42.5 Å². The Morgan fingerprint density at radius 1 is 1.14 bits per heavy atom. The number of ether oxygens (including phenoxy) is 4. The highest BCUT2D eigenvalue weighted by Crippen LogP contribution is 2.44. The molecule has 0 saturated carbocycles. The van der Waals surface area contributed by atoms with Gasteiger partial charge in [0.1, 0.15) is 5.82 Å². The molecule has 35 heavy (non-hydrogen) atoms. The van der Waals surface area contributed by atoms with Gasteiger partial charge in [-0.05, 0) is 69.5 Å². The van der Waals surface area contributed by atoms with Crippen LogP contribution in [0.1, 0.15) is 68.5 Å². The van der Waals surface area contributed by atoms with E-state index in [2.05, 4.69) is 0 Å². The number of carbonyl (C=O) groups excluding carboxylic acids is 1. The quantitative estimate of drug-likeness (QED) is 0.514. The zero-order chi connectivity index (χ0) is 25.0. The van der Waals surface area contributed by atoms with Crippen LogP contribution in [-0.2, 0) is 9.47 Å². The van der Waals surface area contributed by atoms with E-state index < -0.39 is 0 Å². The fraction of sp³-hybridized carbons (Fsp3) is 0.536. The highest BCUT2D eigenvalue weighted by molar-refractivity contribution is 5.95. The first-order valence-electron chi connectivity index (χ1n) is 12.5. The van der Waals surface area contributed by atoms with Crippen LogP contribution in [0, 0.1) is 5.82 Å². The van der Waals surface area contributed by atoms with Crippen molar-refractivity contribution in [2.45, 2.75) is 70.4 Å². The molecule has 0 radical (unpaired) electrons. The SMILES string of the molecule is CCO[C@H]1C[C@@H](c2ccc(F)cc2)OC2(CCN(C(=O)c3ccc(OC(C)C)c(OC)c3)CC2)C1. The van der Waals surface area contributed by atoms with Gasteiger partial charge < -0.3 is 23.8 Å². The van der Waals surface area contributed by atoms with E-state index in [0.717, 1.165) is 31.2 Å². The minimum Gasteiger partial charge on any atom is -0.493 e. The first-order chi connectivity index (χ1) is 16.8. The van der Waals surface area contributed by atoms with Gasteiger partial charge in [-0.3, -0.25) is 4.79 Å². The summed E-state index contributed by atoms with van der Waals surface area (Å²) in [6.07, 6.45) is 2.93. The van der Waals surface area contributed by atoms with E-state index in [4.69, 9.17) is 18.9 Å². The molecule has 2 aliphatic rings. The summed E-state index contributed by atoms with van der Waals surface area (Å²) in [4.78, 5) is 15.2. The van der Waals surface area contributed by atoms with Crippen LogP contribution >= 0.6 is 0 Å². The average molecular weight is 486 g/mol. The number of nitrogens with zero attached hydrogens (tertiary/aromatic N) is 1. The summed E-state index contributed by atoms with van der Waals surface area (Å²) in [5.41, 5.74) is 1.18. The van der Waals surface area contributed by atoms with Crippen molar-refractivity contribution in [1.29, 1.82) is 0 Å². The lowest BCUT2D eigenvalue weighted by Crippen LogP contribution is -2.52. The van der Waals surface area contributed by atoms with Crippen molar-refractivity contribution in [1.82, 2.24) is 4.90 Å². The summed E-state index contributed by atoms with van der Waals surface area (Å²) in [5.74, 6) is 0.894. The Morgan fingerprint density at radius 3 is 2.49 bits per heavy atom. The van der Waals surface area contributed by atoms with Gasteiger partial charge in [-0.2, -0.15) is 0 Å². The maximum atomic E-state index is 13.5. The molecule has 190 valence electrons. The molecule has 0 N–H and O–H groups in total. The van der Waals surface area contributed by atoms with Crippen molar-refractivity contribution in [3.8, 4) is 11.5 Å². The lowest BCUT2D eigenvalue weighted by atomic mass is 9.80. The molecule has 2 aliphatic heterocycles. The molecule has 2 atom stereocenters. The van der Waals surface area contributed by atoms with E-state index in [9.17, 15) is 9.18 Å². The Morgan fingerprint density at radius 2 is 1.86 bits per heavy atom. The van der Waals surface area contributed by atoms with Crippen LogP contribution in [0.25, 0.3) is 0 Å². The molecule has 0 unspecified atom stereocenters. The molecule has 7 heteroatoms. The maximum absolute atomic E-state index is 13.5. The minimum absolute atomic E-state index is 0.0125. The molecule has 2 aromatic rings. The number of methoxy groups -OCH3 is 1. The number of carbonyl (C=O) groups is 1. The zero-order valence-corrected chi connectivity index (χ0v) is 21.1. The van der Waals surface area contributed by atoms with Gasteiger partial charge in [-0.1, -0.05) is 12.1 Å². The van der Waals surface area contributed by atoms with Crippen LogP contribution in [0.2, 0.25) is 0 Å². The normalized spacial score (nSPS) is 21.8. The summed E-state index contributed by atoms with van der Waals surface area (Å²) >= 11 is 0. The molecular formula is C28H36FNO5. The second-order valence-corrected chi connectivity index (χ2v) is 9.68. The number of benzene rings is 2. The fourth-order valence-electron chi connectivity index (χ4n) is 5.15. The van der Waals surface area contributed by atoms with Crippen LogP contribution in [0.5, 0.6) is 11.5 Å². The van der Waals surface area contributed by atoms with Crippen molar-refractivity contribution in [2.75, 3.05) is 26.8 Å². The zero-order valence-electron chi connectivity index (χ0n) is 21.1. The maximum Gasteiger partial charge on any atom is 0.253 e. The molecule has 6 nitrogen and oxygen atoms in total. The number of halogens is 1. The molecule has 0 aromatic heterocycles. The van der Waals surface area contributed by atoms with E-state index in [1.54, 1.807) is 37.4 Å². The third-order valence-corrected chi connectivity index (χ3v) is 6.85. The predicted octanol–water partition coefficient (Wildman–Crippen LogP) is 5.55. The molecule has 1 amide bonds. The van der Waals surface area contributed by atoms with Gasteiger partial charge in [0.25, 0.3) is 5.91 Å². The van der Waals surface area contributed by atoms with E-state index in [-0.39, 0.29) is 35.6 Å². The third kappa shape index (κ3) is 5.96. The number of hydrogen-bond donors (Lipinski definition) is 0. The van der Waals surface area contributed by atoms with Crippen molar-refractivity contribution >= 4 is 5.91 Å². The van der Waals surface area contributed by atoms with Gasteiger partial charge in [-0.15, -0.1) is 0 Å². The van der Waals surface area contributed by atoms with Crippen molar-refractivity contribution in [2.24, 2.45) is 0 Å². The molecule has 2 fully saturated rings. The second-order valence-electron chi connectivity index (χ2n) is 9.68. The monoisotopic (exact) mass is 485 g/mol. The van der Waals surface area contributed by atoms with Gasteiger partial charge >= 0.3 is 0 Å². The van der Waals surface area contributed by atoms with Crippen molar-refractivity contribution < 1.29 is 28.1 Å². The summed E-state index contributed by atoms with van der Waals surface area (Å²) in [7, 11) is 1.58. The second kappa shape index (κ2) is 11.0. The van der Waals surface area contributed by atoms with Crippen molar-refractivity contribution in [3.63, 3.8) is 0 Å². The van der Waals surface area contributed by atoms with Gasteiger partial charge in [0, 0.05) is 38.1 Å². The van der Waals surface area contributed by atoms with Crippen LogP contribution < -0.4 is 9.47 Å². The molecule has 4 rings (SSSR count). The Bertz CT molecular complexity index is 1000. The number of likely N-dealkylation sites (tertiary alicyclic amines) is 1.